The van der Waals surface area contributed by atoms with Crippen LogP contribution in [0.15, 0.2) is 48.5 Å². The van der Waals surface area contributed by atoms with Crippen LogP contribution in [0, 0.1) is 0 Å². The van der Waals surface area contributed by atoms with Crippen LogP contribution < -0.4 is 14.8 Å². The van der Waals surface area contributed by atoms with Gasteiger partial charge in [-0.1, -0.05) is 36.4 Å². The molecule has 5 nitrogen and oxygen atoms in total. The van der Waals surface area contributed by atoms with Crippen LogP contribution in [0.1, 0.15) is 24.0 Å². The van der Waals surface area contributed by atoms with Crippen LogP contribution in [0.3, 0.4) is 0 Å². The second-order valence-electron chi connectivity index (χ2n) is 6.88. The maximum absolute atomic E-state index is 12.4. The third-order valence-corrected chi connectivity index (χ3v) is 4.90. The highest BCUT2D eigenvalue weighted by atomic mass is 16.6. The number of nitrogens with zero attached hydrogens (tertiary/aromatic N) is 1. The number of carbonyl (C=O) groups is 1. The molecule has 1 amide bonds. The van der Waals surface area contributed by atoms with E-state index in [1.165, 1.54) is 31.5 Å². The fourth-order valence-electron chi connectivity index (χ4n) is 3.41. The van der Waals surface area contributed by atoms with E-state index in [4.69, 9.17) is 9.47 Å². The van der Waals surface area contributed by atoms with Crippen molar-refractivity contribution in [3.63, 3.8) is 0 Å². The van der Waals surface area contributed by atoms with Crippen LogP contribution in [0.2, 0.25) is 0 Å². The number of para-hydroxylation sites is 2. The van der Waals surface area contributed by atoms with Crippen molar-refractivity contribution in [3.05, 3.63) is 59.7 Å². The van der Waals surface area contributed by atoms with Crippen LogP contribution in [-0.4, -0.2) is 36.6 Å². The molecule has 1 N–H and O–H groups in total. The normalized spacial score (nSPS) is 19.3. The molecule has 26 heavy (non-hydrogen) atoms. The van der Waals surface area contributed by atoms with Crippen LogP contribution >= 0.6 is 0 Å². The van der Waals surface area contributed by atoms with E-state index in [1.807, 2.05) is 24.3 Å². The van der Waals surface area contributed by atoms with Gasteiger partial charge in [0, 0.05) is 13.1 Å². The molecule has 2 heterocycles. The molecule has 0 saturated carbocycles. The molecule has 0 unspecified atom stereocenters. The highest BCUT2D eigenvalue weighted by Gasteiger charge is 2.26. The molecule has 2 aliphatic rings. The standard InChI is InChI=1S/C21H24N2O3/c24-21(20-15-25-18-5-1-2-6-19(18)26-20)22-13-16-7-9-17(10-8-16)14-23-11-3-4-12-23/h1-2,5-10,20H,3-4,11-15H2,(H,22,24)/t20-/m0/s1. The summed E-state index contributed by atoms with van der Waals surface area (Å²) >= 11 is 0. The lowest BCUT2D eigenvalue weighted by atomic mass is 10.1. The van der Waals surface area contributed by atoms with Gasteiger partial charge in [-0.25, -0.2) is 0 Å². The molecule has 2 aromatic carbocycles. The van der Waals surface area contributed by atoms with E-state index < -0.39 is 6.10 Å². The monoisotopic (exact) mass is 352 g/mol. The first kappa shape index (κ1) is 16.9. The lowest BCUT2D eigenvalue weighted by molar-refractivity contribution is -0.130. The minimum Gasteiger partial charge on any atom is -0.485 e. The van der Waals surface area contributed by atoms with Crippen molar-refractivity contribution in [2.75, 3.05) is 19.7 Å². The molecule has 0 bridgehead atoms. The molecule has 0 spiro atoms. The van der Waals surface area contributed by atoms with Crippen molar-refractivity contribution in [1.82, 2.24) is 10.2 Å². The van der Waals surface area contributed by atoms with Gasteiger partial charge in [0.05, 0.1) is 0 Å². The number of ether oxygens (including phenoxy) is 2. The first-order chi connectivity index (χ1) is 12.8. The molecular formula is C21H24N2O3. The van der Waals surface area contributed by atoms with E-state index in [0.29, 0.717) is 18.0 Å². The van der Waals surface area contributed by atoms with Gasteiger partial charge in [0.1, 0.15) is 6.61 Å². The zero-order valence-corrected chi connectivity index (χ0v) is 14.8. The highest BCUT2D eigenvalue weighted by molar-refractivity contribution is 5.81. The van der Waals surface area contributed by atoms with E-state index in [2.05, 4.69) is 34.5 Å². The number of likely N-dealkylation sites (tertiary alicyclic amines) is 1. The molecular weight excluding hydrogens is 328 g/mol. The summed E-state index contributed by atoms with van der Waals surface area (Å²) in [6.45, 7) is 4.13. The summed E-state index contributed by atoms with van der Waals surface area (Å²) in [4.78, 5) is 14.8. The first-order valence-corrected chi connectivity index (χ1v) is 9.24. The fourth-order valence-corrected chi connectivity index (χ4v) is 3.41. The summed E-state index contributed by atoms with van der Waals surface area (Å²) in [5, 5.41) is 2.94. The van der Waals surface area contributed by atoms with Crippen molar-refractivity contribution in [3.8, 4) is 11.5 Å². The summed E-state index contributed by atoms with van der Waals surface area (Å²) in [5.41, 5.74) is 2.41. The average Bonchev–Trinajstić information content (AvgIpc) is 3.20. The minimum atomic E-state index is -0.612. The molecule has 136 valence electrons. The maximum Gasteiger partial charge on any atom is 0.264 e. The third kappa shape index (κ3) is 3.99. The van der Waals surface area contributed by atoms with Crippen molar-refractivity contribution in [2.45, 2.75) is 32.0 Å². The molecule has 0 aliphatic carbocycles. The minimum absolute atomic E-state index is 0.152. The fraction of sp³-hybridized carbons (Fsp3) is 0.381. The molecule has 0 aromatic heterocycles. The van der Waals surface area contributed by atoms with Crippen molar-refractivity contribution in [1.29, 1.82) is 0 Å². The van der Waals surface area contributed by atoms with Gasteiger partial charge in [0.25, 0.3) is 5.91 Å². The maximum atomic E-state index is 12.4. The number of carbonyl (C=O) groups excluding carboxylic acids is 1. The predicted molar refractivity (Wildman–Crippen MR) is 99.2 cm³/mol. The van der Waals surface area contributed by atoms with Crippen LogP contribution in [-0.2, 0) is 17.9 Å². The van der Waals surface area contributed by atoms with E-state index in [-0.39, 0.29) is 12.5 Å². The first-order valence-electron chi connectivity index (χ1n) is 9.24. The smallest absolute Gasteiger partial charge is 0.264 e. The Morgan fingerprint density at radius 2 is 1.69 bits per heavy atom. The number of hydrogen-bond acceptors (Lipinski definition) is 4. The quantitative estimate of drug-likeness (QED) is 0.899. The molecule has 1 saturated heterocycles. The largest absolute Gasteiger partial charge is 0.485 e. The van der Waals surface area contributed by atoms with E-state index in [9.17, 15) is 4.79 Å². The number of nitrogens with one attached hydrogen (secondary N) is 1. The molecule has 2 aliphatic heterocycles. The van der Waals surface area contributed by atoms with Gasteiger partial charge < -0.3 is 14.8 Å². The van der Waals surface area contributed by atoms with Crippen molar-refractivity contribution in [2.24, 2.45) is 0 Å². The van der Waals surface area contributed by atoms with Crippen molar-refractivity contribution < 1.29 is 14.3 Å². The zero-order chi connectivity index (χ0) is 17.8. The molecule has 5 heteroatoms. The lowest BCUT2D eigenvalue weighted by Gasteiger charge is -2.25. The van der Waals surface area contributed by atoms with Crippen LogP contribution in [0.5, 0.6) is 11.5 Å². The van der Waals surface area contributed by atoms with E-state index in [1.54, 1.807) is 0 Å². The number of fused-ring (bicyclic) bond motifs is 1. The van der Waals surface area contributed by atoms with Gasteiger partial charge in [-0.3, -0.25) is 9.69 Å². The Bertz CT molecular complexity index is 754. The SMILES string of the molecule is O=C(NCc1ccc(CN2CCCC2)cc1)[C@@H]1COc2ccccc2O1. The van der Waals surface area contributed by atoms with E-state index in [0.717, 1.165) is 12.1 Å². The Morgan fingerprint density at radius 3 is 2.46 bits per heavy atom. The Kier molecular flexibility index (Phi) is 5.07. The Balaban J connectivity index is 1.28. The summed E-state index contributed by atoms with van der Waals surface area (Å²) in [5.74, 6) is 1.15. The summed E-state index contributed by atoms with van der Waals surface area (Å²) < 4.78 is 11.3. The van der Waals surface area contributed by atoms with Gasteiger partial charge in [-0.15, -0.1) is 0 Å². The lowest BCUT2D eigenvalue weighted by Crippen LogP contribution is -2.43. The summed E-state index contributed by atoms with van der Waals surface area (Å²) in [7, 11) is 0. The summed E-state index contributed by atoms with van der Waals surface area (Å²) in [6.07, 6.45) is 2.00. The predicted octanol–water partition coefficient (Wildman–Crippen LogP) is 2.74. The number of hydrogen-bond donors (Lipinski definition) is 1. The number of amides is 1. The molecule has 1 fully saturated rings. The molecule has 4 rings (SSSR count). The zero-order valence-electron chi connectivity index (χ0n) is 14.8. The number of benzene rings is 2. The molecule has 2 aromatic rings. The number of rotatable bonds is 5. The Labute approximate surface area is 153 Å². The summed E-state index contributed by atoms with van der Waals surface area (Å²) in [6, 6.07) is 15.9. The Morgan fingerprint density at radius 1 is 1.00 bits per heavy atom. The molecule has 0 radical (unpaired) electrons. The van der Waals surface area contributed by atoms with Gasteiger partial charge in [0.15, 0.2) is 11.5 Å². The van der Waals surface area contributed by atoms with E-state index >= 15 is 0 Å². The second kappa shape index (κ2) is 7.79. The second-order valence-corrected chi connectivity index (χ2v) is 6.88. The molecule has 1 atom stereocenters. The van der Waals surface area contributed by atoms with Gasteiger partial charge in [-0.2, -0.15) is 0 Å². The van der Waals surface area contributed by atoms with Gasteiger partial charge in [-0.05, 0) is 49.2 Å². The van der Waals surface area contributed by atoms with Crippen molar-refractivity contribution >= 4 is 5.91 Å². The third-order valence-electron chi connectivity index (χ3n) is 4.90. The van der Waals surface area contributed by atoms with Crippen LogP contribution in [0.4, 0.5) is 0 Å². The van der Waals surface area contributed by atoms with Gasteiger partial charge in [0.2, 0.25) is 6.10 Å². The average molecular weight is 352 g/mol. The Hall–Kier alpha value is -2.53. The topological polar surface area (TPSA) is 50.8 Å². The highest BCUT2D eigenvalue weighted by Crippen LogP contribution is 2.30. The van der Waals surface area contributed by atoms with Crippen LogP contribution in [0.25, 0.3) is 0 Å². The van der Waals surface area contributed by atoms with Gasteiger partial charge >= 0.3 is 0 Å².